The van der Waals surface area contributed by atoms with Gasteiger partial charge in [-0.25, -0.2) is 0 Å². The lowest BCUT2D eigenvalue weighted by atomic mass is 10.4. The maximum absolute atomic E-state index is 10.8. The van der Waals surface area contributed by atoms with Crippen molar-refractivity contribution in [1.29, 1.82) is 0 Å². The second kappa shape index (κ2) is 5.45. The van der Waals surface area contributed by atoms with Gasteiger partial charge >= 0.3 is 5.82 Å². The van der Waals surface area contributed by atoms with Gasteiger partial charge in [0.25, 0.3) is 0 Å². The van der Waals surface area contributed by atoms with Gasteiger partial charge in [-0.2, -0.15) is 4.68 Å². The summed E-state index contributed by atoms with van der Waals surface area (Å²) < 4.78 is 1.46. The van der Waals surface area contributed by atoms with Gasteiger partial charge in [0.15, 0.2) is 0 Å². The van der Waals surface area contributed by atoms with Crippen LogP contribution >= 0.6 is 11.6 Å². The third-order valence-corrected chi connectivity index (χ3v) is 2.17. The highest BCUT2D eigenvalue weighted by molar-refractivity contribution is 6.27. The van der Waals surface area contributed by atoms with Crippen LogP contribution < -0.4 is 5.32 Å². The van der Waals surface area contributed by atoms with Crippen molar-refractivity contribution in [3.05, 3.63) is 21.9 Å². The number of carbonyl (C=O) groups is 1. The Morgan fingerprint density at radius 2 is 2.44 bits per heavy atom. The molecule has 7 nitrogen and oxygen atoms in total. The zero-order valence-electron chi connectivity index (χ0n) is 8.64. The highest BCUT2D eigenvalue weighted by Crippen LogP contribution is 2.10. The predicted molar refractivity (Wildman–Crippen MR) is 57.3 cm³/mol. The molecule has 0 bridgehead atoms. The average molecular weight is 247 g/mol. The third kappa shape index (κ3) is 3.20. The molecule has 88 valence electrons. The van der Waals surface area contributed by atoms with E-state index in [2.05, 4.69) is 10.4 Å². The summed E-state index contributed by atoms with van der Waals surface area (Å²) >= 11 is 5.29. The van der Waals surface area contributed by atoms with E-state index in [4.69, 9.17) is 11.6 Å². The number of hydrogen-bond donors (Lipinski definition) is 1. The highest BCUT2D eigenvalue weighted by Gasteiger charge is 2.14. The van der Waals surface area contributed by atoms with Crippen LogP contribution in [-0.2, 0) is 11.3 Å². The van der Waals surface area contributed by atoms with Gasteiger partial charge in [-0.1, -0.05) is 0 Å². The molecule has 0 saturated heterocycles. The number of nitrogens with one attached hydrogen (secondary N) is 1. The second-order valence-electron chi connectivity index (χ2n) is 3.11. The number of nitro groups is 1. The first-order valence-electron chi connectivity index (χ1n) is 4.56. The fourth-order valence-corrected chi connectivity index (χ4v) is 1.25. The molecule has 16 heavy (non-hydrogen) atoms. The molecule has 0 saturated carbocycles. The van der Waals surface area contributed by atoms with E-state index in [-0.39, 0.29) is 17.6 Å². The van der Waals surface area contributed by atoms with Crippen molar-refractivity contribution in [2.45, 2.75) is 13.5 Å². The topological polar surface area (TPSA) is 90.1 Å². The smallest absolute Gasteiger partial charge is 0.358 e. The lowest BCUT2D eigenvalue weighted by Crippen LogP contribution is -2.28. The van der Waals surface area contributed by atoms with Gasteiger partial charge in [-0.05, 0) is 11.8 Å². The largest absolute Gasteiger partial charge is 0.390 e. The number of nitrogens with zero attached hydrogens (tertiary/aromatic N) is 3. The lowest BCUT2D eigenvalue weighted by molar-refractivity contribution is -0.389. The minimum absolute atomic E-state index is 0.0990. The van der Waals surface area contributed by atoms with Crippen LogP contribution in [0.25, 0.3) is 0 Å². The standard InChI is InChI=1S/C8H11ClN4O3/c1-6-4-7(13(15)16)11-12(6)3-2-10-8(14)5-9/h4H,2-3,5H2,1H3,(H,10,14). The molecular weight excluding hydrogens is 236 g/mol. The summed E-state index contributed by atoms with van der Waals surface area (Å²) in [5, 5.41) is 16.7. The first-order valence-corrected chi connectivity index (χ1v) is 5.09. The van der Waals surface area contributed by atoms with Crippen molar-refractivity contribution in [3.63, 3.8) is 0 Å². The molecule has 1 aromatic heterocycles. The molecular formula is C8H11ClN4O3. The molecule has 1 N–H and O–H groups in total. The minimum atomic E-state index is -0.555. The quantitative estimate of drug-likeness (QED) is 0.464. The minimum Gasteiger partial charge on any atom is -0.358 e. The van der Waals surface area contributed by atoms with E-state index < -0.39 is 4.92 Å². The molecule has 0 radical (unpaired) electrons. The van der Waals surface area contributed by atoms with E-state index in [9.17, 15) is 14.9 Å². The number of rotatable bonds is 5. The molecule has 1 heterocycles. The van der Waals surface area contributed by atoms with Crippen LogP contribution in [0.15, 0.2) is 6.07 Å². The molecule has 0 aliphatic heterocycles. The summed E-state index contributed by atoms with van der Waals surface area (Å²) in [6.07, 6.45) is 0. The Morgan fingerprint density at radius 3 is 2.94 bits per heavy atom. The summed E-state index contributed by atoms with van der Waals surface area (Å²) in [6, 6.07) is 1.38. The number of carbonyl (C=O) groups excluding carboxylic acids is 1. The number of hydrogen-bond acceptors (Lipinski definition) is 4. The van der Waals surface area contributed by atoms with Crippen LogP contribution in [-0.4, -0.2) is 33.0 Å². The van der Waals surface area contributed by atoms with E-state index in [1.54, 1.807) is 6.92 Å². The predicted octanol–water partition coefficient (Wildman–Crippen LogP) is 0.455. The van der Waals surface area contributed by atoms with Gasteiger partial charge in [0, 0.05) is 6.54 Å². The third-order valence-electron chi connectivity index (χ3n) is 1.92. The second-order valence-corrected chi connectivity index (χ2v) is 3.38. The number of aryl methyl sites for hydroxylation is 1. The lowest BCUT2D eigenvalue weighted by Gasteiger charge is -2.01. The Hall–Kier alpha value is -1.63. The average Bonchev–Trinajstić information content (AvgIpc) is 2.60. The Balaban J connectivity index is 2.54. The van der Waals surface area contributed by atoms with E-state index in [0.717, 1.165) is 0 Å². The number of aromatic nitrogens is 2. The van der Waals surface area contributed by atoms with Crippen LogP contribution in [0.4, 0.5) is 5.82 Å². The van der Waals surface area contributed by atoms with Crippen LogP contribution in [0.1, 0.15) is 5.69 Å². The van der Waals surface area contributed by atoms with E-state index in [1.807, 2.05) is 0 Å². The molecule has 1 amide bonds. The maximum atomic E-state index is 10.8. The van der Waals surface area contributed by atoms with E-state index in [1.165, 1.54) is 10.7 Å². The van der Waals surface area contributed by atoms with Crippen molar-refractivity contribution in [2.24, 2.45) is 0 Å². The number of alkyl halides is 1. The van der Waals surface area contributed by atoms with E-state index in [0.29, 0.717) is 18.8 Å². The van der Waals surface area contributed by atoms with Gasteiger partial charge < -0.3 is 15.4 Å². The van der Waals surface area contributed by atoms with Gasteiger partial charge in [-0.3, -0.25) is 4.79 Å². The summed E-state index contributed by atoms with van der Waals surface area (Å²) in [6.45, 7) is 2.43. The van der Waals surface area contributed by atoms with E-state index >= 15 is 0 Å². The van der Waals surface area contributed by atoms with Crippen LogP contribution in [0.5, 0.6) is 0 Å². The monoisotopic (exact) mass is 246 g/mol. The fraction of sp³-hybridized carbons (Fsp3) is 0.500. The molecule has 0 aromatic carbocycles. The number of halogens is 1. The normalized spacial score (nSPS) is 10.1. The Kier molecular flexibility index (Phi) is 4.24. The van der Waals surface area contributed by atoms with Crippen LogP contribution in [0, 0.1) is 17.0 Å². The molecule has 0 atom stereocenters. The van der Waals surface area contributed by atoms with Crippen molar-refractivity contribution in [2.75, 3.05) is 12.4 Å². The van der Waals surface area contributed by atoms with Gasteiger partial charge in [0.05, 0.1) is 23.4 Å². The SMILES string of the molecule is Cc1cc([N+](=O)[O-])nn1CCNC(=O)CCl. The summed E-state index contributed by atoms with van der Waals surface area (Å²) in [4.78, 5) is 20.7. The van der Waals surface area contributed by atoms with Crippen molar-refractivity contribution in [1.82, 2.24) is 15.1 Å². The Bertz CT molecular complexity index is 404. The molecule has 0 fully saturated rings. The van der Waals surface area contributed by atoms with Crippen molar-refractivity contribution in [3.8, 4) is 0 Å². The molecule has 0 spiro atoms. The highest BCUT2D eigenvalue weighted by atomic mass is 35.5. The van der Waals surface area contributed by atoms with Gasteiger partial charge in [-0.15, -0.1) is 11.6 Å². The summed E-state index contributed by atoms with van der Waals surface area (Å²) in [5.74, 6) is -0.569. The zero-order chi connectivity index (χ0) is 12.1. The molecule has 1 aromatic rings. The molecule has 0 aliphatic carbocycles. The zero-order valence-corrected chi connectivity index (χ0v) is 9.40. The Morgan fingerprint density at radius 1 is 1.75 bits per heavy atom. The maximum Gasteiger partial charge on any atom is 0.390 e. The first-order chi connectivity index (χ1) is 7.54. The molecule has 0 unspecified atom stereocenters. The summed E-state index contributed by atoms with van der Waals surface area (Å²) in [5.41, 5.74) is 0.673. The molecule has 0 aliphatic rings. The number of amides is 1. The molecule has 8 heteroatoms. The van der Waals surface area contributed by atoms with Crippen LogP contribution in [0.3, 0.4) is 0 Å². The summed E-state index contributed by atoms with van der Waals surface area (Å²) in [7, 11) is 0. The Labute approximate surface area is 96.5 Å². The van der Waals surface area contributed by atoms with Gasteiger partial charge in [0.2, 0.25) is 5.91 Å². The fourth-order valence-electron chi connectivity index (χ4n) is 1.16. The van der Waals surface area contributed by atoms with Crippen molar-refractivity contribution >= 4 is 23.3 Å². The first kappa shape index (κ1) is 12.4. The van der Waals surface area contributed by atoms with Crippen molar-refractivity contribution < 1.29 is 9.72 Å². The van der Waals surface area contributed by atoms with Gasteiger partial charge in [0.1, 0.15) is 5.88 Å². The van der Waals surface area contributed by atoms with Crippen LogP contribution in [0.2, 0.25) is 0 Å². The molecule has 1 rings (SSSR count).